The number of carbonyl (C=O) groups excluding carboxylic acids is 3. The van der Waals surface area contributed by atoms with E-state index in [-0.39, 0.29) is 15.6 Å². The number of halogens is 3. The SMILES string of the molecule is C[C@H](OC(=O)c1cc(F)c(Cl)cc1Cl)C(=O)NNC(=O)c1ccccc1. The van der Waals surface area contributed by atoms with Crippen molar-refractivity contribution in [2.75, 3.05) is 0 Å². The number of esters is 1. The zero-order chi connectivity index (χ0) is 19.3. The van der Waals surface area contributed by atoms with Gasteiger partial charge in [0, 0.05) is 5.56 Å². The second kappa shape index (κ2) is 8.64. The number of rotatable bonds is 4. The number of benzene rings is 2. The molecule has 0 heterocycles. The Morgan fingerprint density at radius 3 is 2.35 bits per heavy atom. The third kappa shape index (κ3) is 4.93. The molecule has 26 heavy (non-hydrogen) atoms. The van der Waals surface area contributed by atoms with Crippen molar-refractivity contribution in [3.05, 3.63) is 69.5 Å². The van der Waals surface area contributed by atoms with Crippen molar-refractivity contribution >= 4 is 41.0 Å². The highest BCUT2D eigenvalue weighted by molar-refractivity contribution is 6.36. The number of carbonyl (C=O) groups is 3. The standard InChI is InChI=1S/C17H13Cl2FN2O4/c1-9(15(23)21-22-16(24)10-5-3-2-4-6-10)26-17(25)11-7-14(20)13(19)8-12(11)18/h2-9H,1H3,(H,21,23)(H,22,24)/t9-/m0/s1. The van der Waals surface area contributed by atoms with Crippen LogP contribution >= 0.6 is 23.2 Å². The number of amides is 2. The number of hydrazine groups is 1. The zero-order valence-corrected chi connectivity index (χ0v) is 14.9. The minimum absolute atomic E-state index is 0.119. The summed E-state index contributed by atoms with van der Waals surface area (Å²) in [6.45, 7) is 1.28. The summed E-state index contributed by atoms with van der Waals surface area (Å²) in [7, 11) is 0. The van der Waals surface area contributed by atoms with Gasteiger partial charge in [0.15, 0.2) is 6.10 Å². The van der Waals surface area contributed by atoms with Crippen molar-refractivity contribution < 1.29 is 23.5 Å². The van der Waals surface area contributed by atoms with Gasteiger partial charge in [-0.2, -0.15) is 0 Å². The van der Waals surface area contributed by atoms with E-state index in [1.165, 1.54) is 6.92 Å². The van der Waals surface area contributed by atoms with Crippen molar-refractivity contribution in [3.63, 3.8) is 0 Å². The van der Waals surface area contributed by atoms with E-state index in [1.807, 2.05) is 0 Å². The molecule has 0 aliphatic rings. The quantitative estimate of drug-likeness (QED) is 0.470. The van der Waals surface area contributed by atoms with Crippen molar-refractivity contribution in [1.82, 2.24) is 10.9 Å². The first-order valence-corrected chi connectivity index (χ1v) is 8.06. The lowest BCUT2D eigenvalue weighted by atomic mass is 10.2. The molecular formula is C17H13Cl2FN2O4. The van der Waals surface area contributed by atoms with Gasteiger partial charge in [0.05, 0.1) is 15.6 Å². The van der Waals surface area contributed by atoms with Gasteiger partial charge < -0.3 is 4.74 Å². The molecule has 0 saturated heterocycles. The predicted molar refractivity (Wildman–Crippen MR) is 93.3 cm³/mol. The van der Waals surface area contributed by atoms with Crippen LogP contribution in [0, 0.1) is 5.82 Å². The van der Waals surface area contributed by atoms with E-state index < -0.39 is 29.7 Å². The maximum atomic E-state index is 13.5. The molecule has 2 aromatic rings. The first-order valence-electron chi connectivity index (χ1n) is 7.30. The van der Waals surface area contributed by atoms with Crippen LogP contribution in [0.3, 0.4) is 0 Å². The third-order valence-corrected chi connectivity index (χ3v) is 3.82. The highest BCUT2D eigenvalue weighted by Gasteiger charge is 2.22. The van der Waals surface area contributed by atoms with Crippen LogP contribution in [-0.4, -0.2) is 23.9 Å². The smallest absolute Gasteiger partial charge is 0.340 e. The minimum Gasteiger partial charge on any atom is -0.449 e. The molecule has 0 aromatic heterocycles. The van der Waals surface area contributed by atoms with Crippen LogP contribution in [0.5, 0.6) is 0 Å². The molecule has 2 rings (SSSR count). The first-order chi connectivity index (χ1) is 12.3. The molecule has 0 bridgehead atoms. The molecule has 0 radical (unpaired) electrons. The fraction of sp³-hybridized carbons (Fsp3) is 0.118. The van der Waals surface area contributed by atoms with Gasteiger partial charge in [-0.1, -0.05) is 41.4 Å². The molecule has 0 spiro atoms. The molecule has 2 amide bonds. The molecule has 9 heteroatoms. The van der Waals surface area contributed by atoms with Crippen LogP contribution in [0.4, 0.5) is 4.39 Å². The highest BCUT2D eigenvalue weighted by atomic mass is 35.5. The second-order valence-electron chi connectivity index (χ2n) is 5.10. The van der Waals surface area contributed by atoms with Crippen LogP contribution in [0.25, 0.3) is 0 Å². The Hall–Kier alpha value is -2.64. The Bertz CT molecular complexity index is 846. The Kier molecular flexibility index (Phi) is 6.54. The lowest BCUT2D eigenvalue weighted by molar-refractivity contribution is -0.129. The number of hydrogen-bond acceptors (Lipinski definition) is 4. The molecule has 2 aromatic carbocycles. The molecule has 0 fully saturated rings. The van der Waals surface area contributed by atoms with Crippen molar-refractivity contribution in [2.45, 2.75) is 13.0 Å². The van der Waals surface area contributed by atoms with Crippen LogP contribution in [0.2, 0.25) is 10.0 Å². The average Bonchev–Trinajstić information content (AvgIpc) is 2.62. The predicted octanol–water partition coefficient (Wildman–Crippen LogP) is 3.14. The Balaban J connectivity index is 1.93. The maximum absolute atomic E-state index is 13.5. The van der Waals surface area contributed by atoms with Crippen LogP contribution in [-0.2, 0) is 9.53 Å². The van der Waals surface area contributed by atoms with Gasteiger partial charge in [0.2, 0.25) is 0 Å². The number of ether oxygens (including phenoxy) is 1. The number of nitrogens with one attached hydrogen (secondary N) is 2. The van der Waals surface area contributed by atoms with Crippen LogP contribution in [0.1, 0.15) is 27.6 Å². The average molecular weight is 399 g/mol. The summed E-state index contributed by atoms with van der Waals surface area (Å²) in [6.07, 6.45) is -1.27. The van der Waals surface area contributed by atoms with Crippen LogP contribution in [0.15, 0.2) is 42.5 Å². The lowest BCUT2D eigenvalue weighted by Crippen LogP contribution is -2.46. The highest BCUT2D eigenvalue weighted by Crippen LogP contribution is 2.25. The Labute approximate surface area is 158 Å². The van der Waals surface area contributed by atoms with E-state index in [0.717, 1.165) is 12.1 Å². The summed E-state index contributed by atoms with van der Waals surface area (Å²) in [5, 5.41) is -0.368. The van der Waals surface area contributed by atoms with E-state index in [0.29, 0.717) is 5.56 Å². The van der Waals surface area contributed by atoms with Gasteiger partial charge in [-0.25, -0.2) is 9.18 Å². The number of hydrogen-bond donors (Lipinski definition) is 2. The summed E-state index contributed by atoms with van der Waals surface area (Å²) in [5.74, 6) is -3.19. The summed E-state index contributed by atoms with van der Waals surface area (Å²) in [5.41, 5.74) is 4.37. The molecule has 0 saturated carbocycles. The molecular weight excluding hydrogens is 386 g/mol. The molecule has 0 aliphatic carbocycles. The molecule has 0 aliphatic heterocycles. The molecule has 1 atom stereocenters. The van der Waals surface area contributed by atoms with Gasteiger partial charge in [-0.15, -0.1) is 0 Å². The van der Waals surface area contributed by atoms with E-state index in [2.05, 4.69) is 10.9 Å². The second-order valence-corrected chi connectivity index (χ2v) is 5.92. The molecule has 0 unspecified atom stereocenters. The monoisotopic (exact) mass is 398 g/mol. The summed E-state index contributed by atoms with van der Waals surface area (Å²) in [6, 6.07) is 10.0. The fourth-order valence-electron chi connectivity index (χ4n) is 1.84. The van der Waals surface area contributed by atoms with Gasteiger partial charge in [-0.05, 0) is 31.2 Å². The van der Waals surface area contributed by atoms with Crippen LogP contribution < -0.4 is 10.9 Å². The van der Waals surface area contributed by atoms with Gasteiger partial charge >= 0.3 is 5.97 Å². The van der Waals surface area contributed by atoms with E-state index in [9.17, 15) is 18.8 Å². The minimum atomic E-state index is -1.27. The first kappa shape index (κ1) is 19.7. The van der Waals surface area contributed by atoms with Gasteiger partial charge in [0.1, 0.15) is 5.82 Å². The normalized spacial score (nSPS) is 11.4. The van der Waals surface area contributed by atoms with Crippen molar-refractivity contribution in [2.24, 2.45) is 0 Å². The Morgan fingerprint density at radius 1 is 1.04 bits per heavy atom. The van der Waals surface area contributed by atoms with E-state index >= 15 is 0 Å². The Morgan fingerprint density at radius 2 is 1.69 bits per heavy atom. The summed E-state index contributed by atoms with van der Waals surface area (Å²) < 4.78 is 18.4. The summed E-state index contributed by atoms with van der Waals surface area (Å²) >= 11 is 11.4. The largest absolute Gasteiger partial charge is 0.449 e. The third-order valence-electron chi connectivity index (χ3n) is 3.22. The zero-order valence-electron chi connectivity index (χ0n) is 13.4. The lowest BCUT2D eigenvalue weighted by Gasteiger charge is -2.14. The van der Waals surface area contributed by atoms with Crippen molar-refractivity contribution in [1.29, 1.82) is 0 Å². The fourth-order valence-corrected chi connectivity index (χ4v) is 2.30. The van der Waals surface area contributed by atoms with Crippen molar-refractivity contribution in [3.8, 4) is 0 Å². The summed E-state index contributed by atoms with van der Waals surface area (Å²) in [4.78, 5) is 35.8. The maximum Gasteiger partial charge on any atom is 0.340 e. The van der Waals surface area contributed by atoms with E-state index in [1.54, 1.807) is 30.3 Å². The molecule has 136 valence electrons. The van der Waals surface area contributed by atoms with Gasteiger partial charge in [-0.3, -0.25) is 20.4 Å². The van der Waals surface area contributed by atoms with E-state index in [4.69, 9.17) is 27.9 Å². The topological polar surface area (TPSA) is 84.5 Å². The molecule has 6 nitrogen and oxygen atoms in total. The van der Waals surface area contributed by atoms with Gasteiger partial charge in [0.25, 0.3) is 11.8 Å². The molecule has 2 N–H and O–H groups in total.